The molecule has 8 heteroatoms. The Hall–Kier alpha value is -2.97. The highest BCUT2D eigenvalue weighted by Gasteiger charge is 2.39. The first-order valence-electron chi connectivity index (χ1n) is 12.9. The molecule has 2 atom stereocenters. The fraction of sp³-hybridized carbons (Fsp3) is 0.448. The number of phenolic OH excluding ortho intramolecular Hbond substituents is 1. The first-order chi connectivity index (χ1) is 17.6. The van der Waals surface area contributed by atoms with E-state index >= 15 is 0 Å². The van der Waals surface area contributed by atoms with E-state index in [0.717, 1.165) is 89.9 Å². The van der Waals surface area contributed by atoms with Gasteiger partial charge in [-0.2, -0.15) is 0 Å². The molecule has 1 unspecified atom stereocenters. The van der Waals surface area contributed by atoms with Gasteiger partial charge in [-0.1, -0.05) is 12.1 Å². The molecule has 0 radical (unpaired) electrons. The minimum atomic E-state index is -0.352. The molecule has 0 aromatic heterocycles. The molecule has 3 aliphatic heterocycles. The lowest BCUT2D eigenvalue weighted by atomic mass is 9.87. The lowest BCUT2D eigenvalue weighted by Crippen LogP contribution is -2.50. The first-order valence-corrected chi connectivity index (χ1v) is 13.7. The number of carbonyl (C=O) groups is 2. The molecule has 3 heterocycles. The summed E-state index contributed by atoms with van der Waals surface area (Å²) in [5.74, 6) is 1.77. The van der Waals surface area contributed by atoms with Gasteiger partial charge in [-0.25, -0.2) is 0 Å². The molecule has 37 heavy (non-hydrogen) atoms. The van der Waals surface area contributed by atoms with Crippen molar-refractivity contribution in [3.05, 3.63) is 57.0 Å². The monoisotopic (exact) mass is 522 g/mol. The summed E-state index contributed by atoms with van der Waals surface area (Å²) in [5.41, 5.74) is 4.55. The number of phenols is 1. The predicted molar refractivity (Wildman–Crippen MR) is 145 cm³/mol. The largest absolute Gasteiger partial charge is 0.507 e. The number of likely N-dealkylation sites (tertiary alicyclic amines) is 1. The Balaban J connectivity index is 1.21. The zero-order chi connectivity index (χ0) is 26.3. The quantitative estimate of drug-likeness (QED) is 0.500. The fourth-order valence-corrected chi connectivity index (χ4v) is 6.24. The van der Waals surface area contributed by atoms with Crippen LogP contribution in [0.2, 0.25) is 0 Å². The summed E-state index contributed by atoms with van der Waals surface area (Å²) in [4.78, 5) is 26.0. The molecule has 2 fully saturated rings. The van der Waals surface area contributed by atoms with E-state index in [2.05, 4.69) is 17.1 Å². The number of aromatic hydroxyl groups is 1. The van der Waals surface area contributed by atoms with Crippen LogP contribution in [0.4, 0.5) is 4.79 Å². The highest BCUT2D eigenvalue weighted by Crippen LogP contribution is 2.43. The van der Waals surface area contributed by atoms with Crippen LogP contribution in [-0.2, 0) is 11.2 Å². The highest BCUT2D eigenvalue weighted by molar-refractivity contribution is 8.18. The third kappa shape index (κ3) is 5.22. The van der Waals surface area contributed by atoms with E-state index in [1.54, 1.807) is 6.08 Å². The summed E-state index contributed by atoms with van der Waals surface area (Å²) < 4.78 is 12.8. The average molecular weight is 523 g/mol. The number of nitrogens with one attached hydrogen (secondary N) is 1. The number of rotatable bonds is 6. The standard InChI is InChI=1S/C29H34N2O5S/c1-17-18(2)26-23(19(3)25(17)32)11-12-29(4,36-26)16-31-13-5-6-21(31)15-35-22-9-7-20(8-10-22)14-24-27(33)30-28(34)37-24/h7-10,14,21,32H,5-6,11-13,15-16H2,1-4H3,(H,30,33,34)/t21-,29?/m0/s1. The summed E-state index contributed by atoms with van der Waals surface area (Å²) in [6, 6.07) is 7.90. The van der Waals surface area contributed by atoms with Crippen LogP contribution < -0.4 is 14.8 Å². The molecule has 2 N–H and O–H groups in total. The van der Waals surface area contributed by atoms with Gasteiger partial charge in [0.2, 0.25) is 0 Å². The van der Waals surface area contributed by atoms with Crippen LogP contribution >= 0.6 is 11.8 Å². The minimum absolute atomic E-state index is 0.294. The van der Waals surface area contributed by atoms with Crippen LogP contribution in [-0.4, -0.2) is 52.5 Å². The average Bonchev–Trinajstić information content (AvgIpc) is 3.44. The van der Waals surface area contributed by atoms with E-state index in [1.807, 2.05) is 45.0 Å². The van der Waals surface area contributed by atoms with Crippen molar-refractivity contribution in [1.29, 1.82) is 0 Å². The number of carbonyl (C=O) groups excluding carboxylic acids is 2. The van der Waals surface area contributed by atoms with Crippen LogP contribution in [0.15, 0.2) is 29.2 Å². The number of benzene rings is 2. The van der Waals surface area contributed by atoms with Crippen molar-refractivity contribution in [2.45, 2.75) is 65.0 Å². The van der Waals surface area contributed by atoms with Crippen molar-refractivity contribution in [2.24, 2.45) is 0 Å². The van der Waals surface area contributed by atoms with Gasteiger partial charge in [0.05, 0.1) is 4.91 Å². The fourth-order valence-electron chi connectivity index (χ4n) is 5.55. The molecule has 7 nitrogen and oxygen atoms in total. The van der Waals surface area contributed by atoms with Crippen LogP contribution in [0.5, 0.6) is 17.2 Å². The maximum absolute atomic E-state index is 11.8. The molecular formula is C29H34N2O5S. The van der Waals surface area contributed by atoms with Crippen LogP contribution in [0.3, 0.4) is 0 Å². The van der Waals surface area contributed by atoms with Gasteiger partial charge in [0.25, 0.3) is 11.1 Å². The third-order valence-electron chi connectivity index (χ3n) is 7.89. The second-order valence-electron chi connectivity index (χ2n) is 10.6. The number of hydrogen-bond acceptors (Lipinski definition) is 7. The highest BCUT2D eigenvalue weighted by atomic mass is 32.2. The smallest absolute Gasteiger partial charge is 0.290 e. The molecule has 0 spiro atoms. The molecule has 0 aliphatic carbocycles. The van der Waals surface area contributed by atoms with Crippen molar-refractivity contribution < 1.29 is 24.2 Å². The number of nitrogens with zero attached hydrogens (tertiary/aromatic N) is 1. The van der Waals surface area contributed by atoms with Gasteiger partial charge in [-0.3, -0.25) is 19.8 Å². The van der Waals surface area contributed by atoms with E-state index < -0.39 is 0 Å². The molecule has 5 rings (SSSR count). The maximum atomic E-state index is 11.8. The van der Waals surface area contributed by atoms with Gasteiger partial charge in [-0.05, 0) is 112 Å². The zero-order valence-electron chi connectivity index (χ0n) is 21.8. The van der Waals surface area contributed by atoms with Crippen molar-refractivity contribution >= 4 is 29.0 Å². The lowest BCUT2D eigenvalue weighted by Gasteiger charge is -2.41. The first kappa shape index (κ1) is 25.7. The van der Waals surface area contributed by atoms with E-state index in [9.17, 15) is 14.7 Å². The normalized spacial score (nSPS) is 24.8. The van der Waals surface area contributed by atoms with E-state index in [4.69, 9.17) is 9.47 Å². The van der Waals surface area contributed by atoms with Crippen molar-refractivity contribution in [3.8, 4) is 17.2 Å². The summed E-state index contributed by atoms with van der Waals surface area (Å²) in [5, 5.41) is 12.4. The maximum Gasteiger partial charge on any atom is 0.290 e. The summed E-state index contributed by atoms with van der Waals surface area (Å²) in [7, 11) is 0. The van der Waals surface area contributed by atoms with E-state index in [-0.39, 0.29) is 16.7 Å². The van der Waals surface area contributed by atoms with Crippen molar-refractivity contribution in [2.75, 3.05) is 19.7 Å². The second-order valence-corrected chi connectivity index (χ2v) is 11.6. The zero-order valence-corrected chi connectivity index (χ0v) is 22.7. The molecule has 196 valence electrons. The van der Waals surface area contributed by atoms with Gasteiger partial charge in [-0.15, -0.1) is 0 Å². The Labute approximate surface area is 222 Å². The van der Waals surface area contributed by atoms with Gasteiger partial charge >= 0.3 is 0 Å². The topological polar surface area (TPSA) is 88.1 Å². The second kappa shape index (κ2) is 10.1. The Morgan fingerprint density at radius 1 is 1.19 bits per heavy atom. The Morgan fingerprint density at radius 2 is 1.95 bits per heavy atom. The number of fused-ring (bicyclic) bond motifs is 1. The van der Waals surface area contributed by atoms with Crippen LogP contribution in [0, 0.1) is 20.8 Å². The number of ether oxygens (including phenoxy) is 2. The molecule has 2 aromatic carbocycles. The van der Waals surface area contributed by atoms with Crippen LogP contribution in [0.1, 0.15) is 54.0 Å². The van der Waals surface area contributed by atoms with Crippen molar-refractivity contribution in [3.63, 3.8) is 0 Å². The molecule has 2 amide bonds. The third-order valence-corrected chi connectivity index (χ3v) is 8.70. The van der Waals surface area contributed by atoms with Gasteiger partial charge in [0.15, 0.2) is 0 Å². The predicted octanol–water partition coefficient (Wildman–Crippen LogP) is 5.27. The lowest BCUT2D eigenvalue weighted by molar-refractivity contribution is -0.115. The number of thioether (sulfide) groups is 1. The number of hydrogen-bond donors (Lipinski definition) is 2. The van der Waals surface area contributed by atoms with E-state index in [0.29, 0.717) is 23.3 Å². The van der Waals surface area contributed by atoms with Gasteiger partial charge in [0.1, 0.15) is 29.5 Å². The Bertz CT molecular complexity index is 1270. The molecule has 0 bridgehead atoms. The summed E-state index contributed by atoms with van der Waals surface area (Å²) >= 11 is 0.916. The minimum Gasteiger partial charge on any atom is -0.507 e. The van der Waals surface area contributed by atoms with Crippen molar-refractivity contribution in [1.82, 2.24) is 10.2 Å². The molecular weight excluding hydrogens is 488 g/mol. The summed E-state index contributed by atoms with van der Waals surface area (Å²) in [6.45, 7) is 10.6. The van der Waals surface area contributed by atoms with Gasteiger partial charge < -0.3 is 14.6 Å². The molecule has 2 aromatic rings. The van der Waals surface area contributed by atoms with Gasteiger partial charge in [0, 0.05) is 18.2 Å². The van der Waals surface area contributed by atoms with E-state index in [1.165, 1.54) is 0 Å². The number of amides is 2. The molecule has 3 aliphatic rings. The summed E-state index contributed by atoms with van der Waals surface area (Å²) in [6.07, 6.45) is 5.74. The molecule has 0 saturated carbocycles. The Kier molecular flexibility index (Phi) is 6.98. The number of imide groups is 1. The molecule has 2 saturated heterocycles. The SMILES string of the molecule is Cc1c(C)c2c(c(C)c1O)CCC(C)(CN1CCC[C@H]1COc1ccc(C=C3SC(=O)NC3=O)cc1)O2. The Morgan fingerprint density at radius 3 is 2.65 bits per heavy atom. The van der Waals surface area contributed by atoms with Crippen LogP contribution in [0.25, 0.3) is 6.08 Å².